The predicted octanol–water partition coefficient (Wildman–Crippen LogP) is 1.59. The van der Waals surface area contributed by atoms with Crippen LogP contribution in [0.2, 0.25) is 5.02 Å². The predicted molar refractivity (Wildman–Crippen MR) is 53.9 cm³/mol. The van der Waals surface area contributed by atoms with Gasteiger partial charge in [0.1, 0.15) is 0 Å². The standard InChI is InChI=1S/C9H7ClN2O2/c1-14-8-6-3-2-5(10)4-7(6)11-9(13)12-8/h2-4H,1H3,(H,11,12,13). The molecule has 0 amide bonds. The molecule has 1 N–H and O–H groups in total. The molecule has 0 radical (unpaired) electrons. The van der Waals surface area contributed by atoms with Crippen molar-refractivity contribution in [1.29, 1.82) is 0 Å². The Hall–Kier alpha value is -1.55. The molecular formula is C9H7ClN2O2. The molecule has 0 aliphatic heterocycles. The maximum Gasteiger partial charge on any atom is 0.348 e. The van der Waals surface area contributed by atoms with Gasteiger partial charge >= 0.3 is 5.69 Å². The number of halogens is 1. The highest BCUT2D eigenvalue weighted by atomic mass is 35.5. The van der Waals surface area contributed by atoms with Gasteiger partial charge in [-0.05, 0) is 18.2 Å². The van der Waals surface area contributed by atoms with E-state index < -0.39 is 5.69 Å². The van der Waals surface area contributed by atoms with Crippen molar-refractivity contribution in [3.05, 3.63) is 33.7 Å². The molecule has 4 nitrogen and oxygen atoms in total. The zero-order valence-corrected chi connectivity index (χ0v) is 8.13. The van der Waals surface area contributed by atoms with Gasteiger partial charge in [0.05, 0.1) is 18.0 Å². The van der Waals surface area contributed by atoms with Gasteiger partial charge in [0.2, 0.25) is 5.88 Å². The summed E-state index contributed by atoms with van der Waals surface area (Å²) in [6.07, 6.45) is 0. The van der Waals surface area contributed by atoms with Crippen LogP contribution in [0.5, 0.6) is 5.88 Å². The van der Waals surface area contributed by atoms with Crippen LogP contribution in [0.25, 0.3) is 10.9 Å². The molecule has 0 spiro atoms. The third-order valence-electron chi connectivity index (χ3n) is 1.85. The van der Waals surface area contributed by atoms with Crippen molar-refractivity contribution >= 4 is 22.5 Å². The van der Waals surface area contributed by atoms with Gasteiger partial charge in [0.15, 0.2) is 0 Å². The van der Waals surface area contributed by atoms with Gasteiger partial charge in [0.25, 0.3) is 0 Å². The first-order chi connectivity index (χ1) is 6.70. The van der Waals surface area contributed by atoms with Crippen molar-refractivity contribution < 1.29 is 4.74 Å². The molecule has 1 aromatic heterocycles. The Morgan fingerprint density at radius 1 is 1.50 bits per heavy atom. The van der Waals surface area contributed by atoms with Gasteiger partial charge in [-0.2, -0.15) is 4.98 Å². The first-order valence-corrected chi connectivity index (χ1v) is 4.32. The number of rotatable bonds is 1. The van der Waals surface area contributed by atoms with E-state index in [0.717, 1.165) is 5.39 Å². The summed E-state index contributed by atoms with van der Waals surface area (Å²) in [5.74, 6) is 0.306. The Kier molecular flexibility index (Phi) is 2.13. The molecule has 0 aliphatic carbocycles. The Balaban J connectivity index is 2.87. The quantitative estimate of drug-likeness (QED) is 0.778. The third-order valence-corrected chi connectivity index (χ3v) is 2.09. The Morgan fingerprint density at radius 3 is 3.00 bits per heavy atom. The number of aromatic amines is 1. The van der Waals surface area contributed by atoms with E-state index in [4.69, 9.17) is 16.3 Å². The second-order valence-electron chi connectivity index (χ2n) is 2.74. The maximum absolute atomic E-state index is 11.1. The summed E-state index contributed by atoms with van der Waals surface area (Å²) in [5.41, 5.74) is 0.172. The van der Waals surface area contributed by atoms with Crippen LogP contribution in [-0.2, 0) is 0 Å². The highest BCUT2D eigenvalue weighted by molar-refractivity contribution is 6.31. The summed E-state index contributed by atoms with van der Waals surface area (Å²) in [7, 11) is 1.47. The maximum atomic E-state index is 11.1. The number of fused-ring (bicyclic) bond motifs is 1. The normalized spacial score (nSPS) is 10.4. The molecule has 0 aliphatic rings. The summed E-state index contributed by atoms with van der Waals surface area (Å²) >= 11 is 5.78. The van der Waals surface area contributed by atoms with Crippen LogP contribution < -0.4 is 10.4 Å². The number of nitrogens with zero attached hydrogens (tertiary/aromatic N) is 1. The average Bonchev–Trinajstić information content (AvgIpc) is 2.15. The minimum Gasteiger partial charge on any atom is -0.480 e. The van der Waals surface area contributed by atoms with Gasteiger partial charge in [-0.25, -0.2) is 4.79 Å². The van der Waals surface area contributed by atoms with Crippen LogP contribution in [0, 0.1) is 0 Å². The Morgan fingerprint density at radius 2 is 2.29 bits per heavy atom. The molecule has 14 heavy (non-hydrogen) atoms. The largest absolute Gasteiger partial charge is 0.480 e. The lowest BCUT2D eigenvalue weighted by Gasteiger charge is -2.02. The number of benzene rings is 1. The van der Waals surface area contributed by atoms with E-state index in [2.05, 4.69) is 9.97 Å². The van der Waals surface area contributed by atoms with Gasteiger partial charge < -0.3 is 9.72 Å². The first-order valence-electron chi connectivity index (χ1n) is 3.94. The summed E-state index contributed by atoms with van der Waals surface area (Å²) in [5, 5.41) is 1.29. The monoisotopic (exact) mass is 210 g/mol. The molecule has 1 aromatic carbocycles. The highest BCUT2D eigenvalue weighted by Crippen LogP contribution is 2.22. The number of hydrogen-bond acceptors (Lipinski definition) is 3. The molecule has 1 heterocycles. The van der Waals surface area contributed by atoms with Gasteiger partial charge in [-0.1, -0.05) is 11.6 Å². The summed E-state index contributed by atoms with van der Waals surface area (Å²) in [4.78, 5) is 17.3. The highest BCUT2D eigenvalue weighted by Gasteiger charge is 2.04. The van der Waals surface area contributed by atoms with Crippen LogP contribution in [0.3, 0.4) is 0 Å². The molecule has 72 valence electrons. The van der Waals surface area contributed by atoms with E-state index in [1.165, 1.54) is 7.11 Å². The molecule has 0 unspecified atom stereocenters. The van der Waals surface area contributed by atoms with Crippen LogP contribution in [0.1, 0.15) is 0 Å². The lowest BCUT2D eigenvalue weighted by molar-refractivity contribution is 0.401. The van der Waals surface area contributed by atoms with Crippen molar-refractivity contribution in [3.63, 3.8) is 0 Å². The molecule has 0 atom stereocenters. The van der Waals surface area contributed by atoms with E-state index in [1.807, 2.05) is 0 Å². The second kappa shape index (κ2) is 3.31. The van der Waals surface area contributed by atoms with Gasteiger partial charge in [0, 0.05) is 5.02 Å². The fraction of sp³-hybridized carbons (Fsp3) is 0.111. The van der Waals surface area contributed by atoms with Crippen molar-refractivity contribution in [2.24, 2.45) is 0 Å². The van der Waals surface area contributed by atoms with Crippen LogP contribution in [-0.4, -0.2) is 17.1 Å². The van der Waals surface area contributed by atoms with Crippen molar-refractivity contribution in [3.8, 4) is 5.88 Å². The van der Waals surface area contributed by atoms with E-state index >= 15 is 0 Å². The number of nitrogens with one attached hydrogen (secondary N) is 1. The van der Waals surface area contributed by atoms with Gasteiger partial charge in [-0.15, -0.1) is 0 Å². The van der Waals surface area contributed by atoms with Crippen molar-refractivity contribution in [2.75, 3.05) is 7.11 Å². The fourth-order valence-corrected chi connectivity index (χ4v) is 1.43. The molecule has 0 saturated heterocycles. The smallest absolute Gasteiger partial charge is 0.348 e. The van der Waals surface area contributed by atoms with E-state index in [0.29, 0.717) is 16.4 Å². The zero-order chi connectivity index (χ0) is 10.1. The molecule has 2 rings (SSSR count). The number of ether oxygens (including phenoxy) is 1. The summed E-state index contributed by atoms with van der Waals surface area (Å²) in [6.45, 7) is 0. The minimum absolute atomic E-state index is 0.306. The van der Waals surface area contributed by atoms with Crippen molar-refractivity contribution in [1.82, 2.24) is 9.97 Å². The van der Waals surface area contributed by atoms with Crippen LogP contribution in [0.4, 0.5) is 0 Å². The zero-order valence-electron chi connectivity index (χ0n) is 7.37. The molecular weight excluding hydrogens is 204 g/mol. The SMILES string of the molecule is COc1nc(=O)[nH]c2cc(Cl)ccc12. The third kappa shape index (κ3) is 1.44. The van der Waals surface area contributed by atoms with E-state index in [1.54, 1.807) is 18.2 Å². The molecule has 2 aromatic rings. The van der Waals surface area contributed by atoms with E-state index in [9.17, 15) is 4.79 Å². The van der Waals surface area contributed by atoms with Gasteiger partial charge in [-0.3, -0.25) is 0 Å². The first kappa shape index (κ1) is 9.02. The summed E-state index contributed by atoms with van der Waals surface area (Å²) < 4.78 is 4.97. The second-order valence-corrected chi connectivity index (χ2v) is 3.18. The lowest BCUT2D eigenvalue weighted by Crippen LogP contribution is -2.11. The number of methoxy groups -OCH3 is 1. The Labute approximate surface area is 84.5 Å². The summed E-state index contributed by atoms with van der Waals surface area (Å²) in [6, 6.07) is 5.12. The number of hydrogen-bond donors (Lipinski definition) is 1. The lowest BCUT2D eigenvalue weighted by atomic mass is 10.2. The minimum atomic E-state index is -0.448. The average molecular weight is 211 g/mol. The van der Waals surface area contributed by atoms with Crippen molar-refractivity contribution in [2.45, 2.75) is 0 Å². The van der Waals surface area contributed by atoms with Crippen LogP contribution in [0.15, 0.2) is 23.0 Å². The topological polar surface area (TPSA) is 55.0 Å². The molecule has 0 saturated carbocycles. The van der Waals surface area contributed by atoms with Crippen LogP contribution >= 0.6 is 11.6 Å². The number of aromatic nitrogens is 2. The number of H-pyrrole nitrogens is 1. The van der Waals surface area contributed by atoms with E-state index in [-0.39, 0.29) is 0 Å². The molecule has 0 fully saturated rings. The molecule has 5 heteroatoms. The Bertz CT molecular complexity index is 536. The molecule has 0 bridgehead atoms. The fourth-order valence-electron chi connectivity index (χ4n) is 1.26.